The van der Waals surface area contributed by atoms with E-state index in [0.717, 1.165) is 38.0 Å². The van der Waals surface area contributed by atoms with Crippen molar-refractivity contribution < 1.29 is 14.6 Å². The summed E-state index contributed by atoms with van der Waals surface area (Å²) in [5, 5.41) is 15.2. The summed E-state index contributed by atoms with van der Waals surface area (Å²) in [6.45, 7) is 3.82. The number of carbonyl (C=O) groups is 1. The predicted octanol–water partition coefficient (Wildman–Crippen LogP) is 2.61. The molecule has 0 bridgehead atoms. The smallest absolute Gasteiger partial charge is 0.315 e. The largest absolute Gasteiger partial charge is 0.393 e. The van der Waals surface area contributed by atoms with Crippen molar-refractivity contribution in [3.8, 4) is 0 Å². The highest BCUT2D eigenvalue weighted by Gasteiger charge is 2.21. The third kappa shape index (κ3) is 6.59. The van der Waals surface area contributed by atoms with Crippen molar-refractivity contribution in [1.29, 1.82) is 0 Å². The Morgan fingerprint density at radius 2 is 2.00 bits per heavy atom. The fraction of sp³-hybridized carbons (Fsp3) is 0.611. The summed E-state index contributed by atoms with van der Waals surface area (Å²) in [4.78, 5) is 12.1. The number of carbonyl (C=O) groups excluding carboxylic acids is 1. The van der Waals surface area contributed by atoms with Crippen LogP contribution in [0.1, 0.15) is 44.2 Å². The standard InChI is InChI=1S/C18H28N2O3/c1-14(21)7-10-19-18(22)20-17(16-5-3-2-4-6-16)13-15-8-11-23-12-9-15/h2-6,14-15,17,21H,7-13H2,1H3,(H2,19,20,22). The lowest BCUT2D eigenvalue weighted by Gasteiger charge is -2.27. The Kier molecular flexibility index (Phi) is 7.36. The molecule has 1 aliphatic heterocycles. The highest BCUT2D eigenvalue weighted by Crippen LogP contribution is 2.27. The molecule has 128 valence electrons. The Morgan fingerprint density at radius 3 is 2.65 bits per heavy atom. The minimum absolute atomic E-state index is 0.00542. The number of aliphatic hydroxyl groups is 1. The topological polar surface area (TPSA) is 70.6 Å². The molecule has 0 radical (unpaired) electrons. The first-order valence-corrected chi connectivity index (χ1v) is 8.50. The summed E-state index contributed by atoms with van der Waals surface area (Å²) in [5.74, 6) is 0.576. The molecule has 2 atom stereocenters. The van der Waals surface area contributed by atoms with Crippen LogP contribution in [0.3, 0.4) is 0 Å². The van der Waals surface area contributed by atoms with Gasteiger partial charge in [-0.15, -0.1) is 0 Å². The van der Waals surface area contributed by atoms with Gasteiger partial charge in [-0.1, -0.05) is 30.3 Å². The lowest BCUT2D eigenvalue weighted by Crippen LogP contribution is -2.39. The number of hydrogen-bond donors (Lipinski definition) is 3. The minimum atomic E-state index is -0.401. The molecule has 1 saturated heterocycles. The summed E-state index contributed by atoms with van der Waals surface area (Å²) >= 11 is 0. The SMILES string of the molecule is CC(O)CCNC(=O)NC(CC1CCOCC1)c1ccccc1. The zero-order valence-corrected chi connectivity index (χ0v) is 13.8. The summed E-state index contributed by atoms with van der Waals surface area (Å²) in [6.07, 6.45) is 3.19. The molecule has 2 unspecified atom stereocenters. The second-order valence-corrected chi connectivity index (χ2v) is 6.29. The van der Waals surface area contributed by atoms with Crippen LogP contribution in [0, 0.1) is 5.92 Å². The molecule has 0 aromatic heterocycles. The molecule has 2 rings (SSSR count). The van der Waals surface area contributed by atoms with Crippen molar-refractivity contribution in [3.63, 3.8) is 0 Å². The van der Waals surface area contributed by atoms with E-state index in [-0.39, 0.29) is 12.1 Å². The second kappa shape index (κ2) is 9.53. The first-order valence-electron chi connectivity index (χ1n) is 8.50. The monoisotopic (exact) mass is 320 g/mol. The second-order valence-electron chi connectivity index (χ2n) is 6.29. The number of benzene rings is 1. The normalized spacial score (nSPS) is 18.2. The van der Waals surface area contributed by atoms with Gasteiger partial charge in [0.05, 0.1) is 12.1 Å². The molecular formula is C18H28N2O3. The molecule has 2 amide bonds. The lowest BCUT2D eigenvalue weighted by molar-refractivity contribution is 0.0609. The lowest BCUT2D eigenvalue weighted by atomic mass is 9.89. The first kappa shape index (κ1) is 17.8. The molecule has 1 fully saturated rings. The molecule has 23 heavy (non-hydrogen) atoms. The van der Waals surface area contributed by atoms with Gasteiger partial charge in [0.15, 0.2) is 0 Å². The summed E-state index contributed by atoms with van der Waals surface area (Å²) < 4.78 is 5.42. The zero-order chi connectivity index (χ0) is 16.5. The molecule has 1 aliphatic rings. The van der Waals surface area contributed by atoms with Gasteiger partial charge in [-0.05, 0) is 44.1 Å². The van der Waals surface area contributed by atoms with Crippen molar-refractivity contribution in [1.82, 2.24) is 10.6 Å². The van der Waals surface area contributed by atoms with Gasteiger partial charge < -0.3 is 20.5 Å². The van der Waals surface area contributed by atoms with Gasteiger partial charge >= 0.3 is 6.03 Å². The van der Waals surface area contributed by atoms with Crippen LogP contribution in [0.2, 0.25) is 0 Å². The van der Waals surface area contributed by atoms with Crippen molar-refractivity contribution in [2.75, 3.05) is 19.8 Å². The fourth-order valence-corrected chi connectivity index (χ4v) is 2.88. The van der Waals surface area contributed by atoms with Crippen LogP contribution in [-0.2, 0) is 4.74 Å². The van der Waals surface area contributed by atoms with Gasteiger partial charge in [0, 0.05) is 19.8 Å². The van der Waals surface area contributed by atoms with Crippen LogP contribution in [0.15, 0.2) is 30.3 Å². The minimum Gasteiger partial charge on any atom is -0.393 e. The Labute approximate surface area is 138 Å². The average molecular weight is 320 g/mol. The number of urea groups is 1. The number of rotatable bonds is 7. The van der Waals surface area contributed by atoms with Crippen LogP contribution in [0.25, 0.3) is 0 Å². The summed E-state index contributed by atoms with van der Waals surface area (Å²) in [6, 6.07) is 9.92. The van der Waals surface area contributed by atoms with Gasteiger partial charge in [-0.2, -0.15) is 0 Å². The van der Waals surface area contributed by atoms with Crippen LogP contribution < -0.4 is 10.6 Å². The van der Waals surface area contributed by atoms with E-state index in [1.807, 2.05) is 18.2 Å². The van der Waals surface area contributed by atoms with Crippen LogP contribution in [0.5, 0.6) is 0 Å². The zero-order valence-electron chi connectivity index (χ0n) is 13.8. The van der Waals surface area contributed by atoms with E-state index in [2.05, 4.69) is 22.8 Å². The van der Waals surface area contributed by atoms with Gasteiger partial charge in [0.2, 0.25) is 0 Å². The van der Waals surface area contributed by atoms with Crippen LogP contribution >= 0.6 is 0 Å². The van der Waals surface area contributed by atoms with E-state index < -0.39 is 6.10 Å². The van der Waals surface area contributed by atoms with E-state index in [1.165, 1.54) is 0 Å². The number of aliphatic hydroxyl groups excluding tert-OH is 1. The molecule has 0 aliphatic carbocycles. The molecule has 3 N–H and O–H groups in total. The highest BCUT2D eigenvalue weighted by atomic mass is 16.5. The van der Waals surface area contributed by atoms with Gasteiger partial charge in [-0.25, -0.2) is 4.79 Å². The predicted molar refractivity (Wildman–Crippen MR) is 90.2 cm³/mol. The van der Waals surface area contributed by atoms with Crippen molar-refractivity contribution in [3.05, 3.63) is 35.9 Å². The number of ether oxygens (including phenoxy) is 1. The molecule has 1 heterocycles. The molecular weight excluding hydrogens is 292 g/mol. The van der Waals surface area contributed by atoms with Gasteiger partial charge in [-0.3, -0.25) is 0 Å². The molecule has 5 nitrogen and oxygen atoms in total. The Balaban J connectivity index is 1.91. The average Bonchev–Trinajstić information content (AvgIpc) is 2.56. The molecule has 1 aromatic rings. The highest BCUT2D eigenvalue weighted by molar-refractivity contribution is 5.74. The van der Waals surface area contributed by atoms with E-state index in [4.69, 9.17) is 4.74 Å². The Morgan fingerprint density at radius 1 is 1.30 bits per heavy atom. The molecule has 5 heteroatoms. The van der Waals surface area contributed by atoms with E-state index in [0.29, 0.717) is 18.9 Å². The van der Waals surface area contributed by atoms with Crippen molar-refractivity contribution >= 4 is 6.03 Å². The van der Waals surface area contributed by atoms with Crippen molar-refractivity contribution in [2.45, 2.75) is 44.8 Å². The number of hydrogen-bond acceptors (Lipinski definition) is 3. The quantitative estimate of drug-likeness (QED) is 0.723. The number of amides is 2. The van der Waals surface area contributed by atoms with Crippen LogP contribution in [-0.4, -0.2) is 37.0 Å². The number of nitrogens with one attached hydrogen (secondary N) is 2. The molecule has 1 aromatic carbocycles. The third-order valence-electron chi connectivity index (χ3n) is 4.26. The maximum Gasteiger partial charge on any atom is 0.315 e. The van der Waals surface area contributed by atoms with E-state index in [1.54, 1.807) is 6.92 Å². The Hall–Kier alpha value is -1.59. The van der Waals surface area contributed by atoms with Crippen molar-refractivity contribution in [2.24, 2.45) is 5.92 Å². The van der Waals surface area contributed by atoms with E-state index in [9.17, 15) is 9.90 Å². The molecule has 0 saturated carbocycles. The van der Waals surface area contributed by atoms with Gasteiger partial charge in [0.25, 0.3) is 0 Å². The summed E-state index contributed by atoms with van der Waals surface area (Å²) in [7, 11) is 0. The maximum absolute atomic E-state index is 12.1. The van der Waals surface area contributed by atoms with E-state index >= 15 is 0 Å². The summed E-state index contributed by atoms with van der Waals surface area (Å²) in [5.41, 5.74) is 1.13. The molecule has 0 spiro atoms. The Bertz CT molecular complexity index is 459. The first-order chi connectivity index (χ1) is 11.1. The maximum atomic E-state index is 12.1. The third-order valence-corrected chi connectivity index (χ3v) is 4.26. The fourth-order valence-electron chi connectivity index (χ4n) is 2.88. The van der Waals surface area contributed by atoms with Gasteiger partial charge in [0.1, 0.15) is 0 Å². The van der Waals surface area contributed by atoms with Crippen LogP contribution in [0.4, 0.5) is 4.79 Å².